The smallest absolute Gasteiger partial charge is 0.425 e. The highest BCUT2D eigenvalue weighted by Gasteiger charge is 2.52. The molecule has 5 nitrogen and oxygen atoms in total. The van der Waals surface area contributed by atoms with E-state index in [0.717, 1.165) is 24.4 Å². The van der Waals surface area contributed by atoms with Crippen molar-refractivity contribution in [2.24, 2.45) is 10.7 Å². The number of nitrogens with two attached hydrogens (primary N) is 1. The van der Waals surface area contributed by atoms with Crippen molar-refractivity contribution >= 4 is 11.8 Å². The highest BCUT2D eigenvalue weighted by atomic mass is 19.4. The second-order valence-corrected chi connectivity index (χ2v) is 7.20. The average Bonchev–Trinajstić information content (AvgIpc) is 2.69. The molecule has 0 fully saturated rings. The van der Waals surface area contributed by atoms with E-state index in [1.807, 2.05) is 0 Å². The van der Waals surface area contributed by atoms with Crippen LogP contribution in [-0.2, 0) is 16.7 Å². The number of amidine groups is 1. The molecule has 11 heteroatoms. The number of aliphatic imine (C=N–C) groups is 1. The summed E-state index contributed by atoms with van der Waals surface area (Å²) in [5.74, 6) is -2.15. The van der Waals surface area contributed by atoms with Gasteiger partial charge in [0.15, 0.2) is 11.9 Å². The maximum atomic E-state index is 14.9. The van der Waals surface area contributed by atoms with Gasteiger partial charge in [-0.15, -0.1) is 0 Å². The lowest BCUT2D eigenvalue weighted by Gasteiger charge is -2.37. The number of carbonyl (C=O) groups is 1. The predicted molar refractivity (Wildman–Crippen MR) is 98.2 cm³/mol. The van der Waals surface area contributed by atoms with E-state index in [0.29, 0.717) is 0 Å². The van der Waals surface area contributed by atoms with Crippen molar-refractivity contribution < 1.29 is 35.9 Å². The Kier molecular flexibility index (Phi) is 5.97. The minimum absolute atomic E-state index is 0.0241. The van der Waals surface area contributed by atoms with Crippen LogP contribution in [0.5, 0.6) is 0 Å². The van der Waals surface area contributed by atoms with Crippen LogP contribution in [0.25, 0.3) is 0 Å². The molecule has 1 aliphatic heterocycles. The van der Waals surface area contributed by atoms with Crippen LogP contribution in [0.2, 0.25) is 0 Å². The van der Waals surface area contributed by atoms with Gasteiger partial charge in [-0.1, -0.05) is 6.07 Å². The molecule has 0 amide bonds. The number of aromatic nitrogens is 1. The number of halogens is 6. The molecule has 0 unspecified atom stereocenters. The number of pyridine rings is 1. The maximum absolute atomic E-state index is 14.9. The molecule has 0 saturated heterocycles. The zero-order chi connectivity index (χ0) is 23.0. The summed E-state index contributed by atoms with van der Waals surface area (Å²) >= 11 is 0. The van der Waals surface area contributed by atoms with E-state index in [1.54, 1.807) is 0 Å². The zero-order valence-corrected chi connectivity index (χ0v) is 16.1. The topological polar surface area (TPSA) is 77.6 Å². The van der Waals surface area contributed by atoms with E-state index < -0.39 is 59.9 Å². The Balaban J connectivity index is 2.02. The number of Topliss-reactive ketones (excluding diaryl/α,β-unsaturated/α-hetero) is 1. The number of ether oxygens (including phenoxy) is 1. The minimum atomic E-state index is -4.88. The molecule has 0 bridgehead atoms. The van der Waals surface area contributed by atoms with Gasteiger partial charge in [-0.05, 0) is 36.2 Å². The first-order chi connectivity index (χ1) is 14.4. The lowest BCUT2D eigenvalue weighted by atomic mass is 9.82. The van der Waals surface area contributed by atoms with Gasteiger partial charge in [0, 0.05) is 18.4 Å². The summed E-state index contributed by atoms with van der Waals surface area (Å²) in [6.45, 7) is -0.153. The third-order valence-electron chi connectivity index (χ3n) is 4.89. The predicted octanol–water partition coefficient (Wildman–Crippen LogP) is 3.92. The van der Waals surface area contributed by atoms with Crippen LogP contribution in [0.1, 0.15) is 33.6 Å². The van der Waals surface area contributed by atoms with Gasteiger partial charge in [-0.3, -0.25) is 9.78 Å². The Morgan fingerprint density at radius 1 is 1.29 bits per heavy atom. The second-order valence-electron chi connectivity index (χ2n) is 7.20. The van der Waals surface area contributed by atoms with Crippen LogP contribution in [0, 0.1) is 18.6 Å². The normalized spacial score (nSPS) is 21.4. The van der Waals surface area contributed by atoms with Crippen molar-refractivity contribution in [3.63, 3.8) is 0 Å². The molecule has 166 valence electrons. The Labute approximate surface area is 172 Å². The molecule has 0 saturated carbocycles. The molecule has 0 radical (unpaired) electrons. The lowest BCUT2D eigenvalue weighted by molar-refractivity contribution is -0.209. The number of ketones is 1. The van der Waals surface area contributed by atoms with Gasteiger partial charge >= 0.3 is 6.18 Å². The highest BCUT2D eigenvalue weighted by molar-refractivity contribution is 5.95. The number of rotatable bonds is 5. The fourth-order valence-corrected chi connectivity index (χ4v) is 3.39. The first-order valence-electron chi connectivity index (χ1n) is 9.04. The zero-order valence-electron chi connectivity index (χ0n) is 16.1. The van der Waals surface area contributed by atoms with Crippen molar-refractivity contribution in [3.05, 3.63) is 64.5 Å². The van der Waals surface area contributed by atoms with Gasteiger partial charge in [-0.25, -0.2) is 18.2 Å². The summed E-state index contributed by atoms with van der Waals surface area (Å²) in [5, 5.41) is 0. The summed E-state index contributed by atoms with van der Waals surface area (Å²) in [4.78, 5) is 19.8. The van der Waals surface area contributed by atoms with Gasteiger partial charge in [0.1, 0.15) is 29.5 Å². The molecule has 1 aromatic carbocycles. The minimum Gasteiger partial charge on any atom is -0.452 e. The number of hydrogen-bond donors (Lipinski definition) is 1. The molecule has 31 heavy (non-hydrogen) atoms. The number of nitrogens with zero attached hydrogens (tertiary/aromatic N) is 2. The number of aryl methyl sites for hydroxylation is 1. The second kappa shape index (κ2) is 8.20. The lowest BCUT2D eigenvalue weighted by Crippen LogP contribution is -2.48. The van der Waals surface area contributed by atoms with E-state index in [9.17, 15) is 31.1 Å². The molecule has 1 aromatic heterocycles. The molecule has 2 atom stereocenters. The molecular weight excluding hydrogens is 428 g/mol. The largest absolute Gasteiger partial charge is 0.452 e. The summed E-state index contributed by atoms with van der Waals surface area (Å²) in [7, 11) is 0. The molecule has 0 spiro atoms. The Bertz CT molecular complexity index is 1020. The molecule has 2 heterocycles. The van der Waals surface area contributed by atoms with Crippen molar-refractivity contribution in [3.8, 4) is 0 Å². The number of hydrogen-bond acceptors (Lipinski definition) is 5. The molecule has 0 aliphatic carbocycles. The van der Waals surface area contributed by atoms with Gasteiger partial charge in [0.2, 0.25) is 0 Å². The van der Waals surface area contributed by atoms with Crippen molar-refractivity contribution in [1.82, 2.24) is 4.98 Å². The molecule has 3 rings (SSSR count). The third kappa shape index (κ3) is 4.64. The van der Waals surface area contributed by atoms with E-state index >= 15 is 0 Å². The van der Waals surface area contributed by atoms with E-state index in [2.05, 4.69) is 14.7 Å². The van der Waals surface area contributed by atoms with Gasteiger partial charge in [0.05, 0.1) is 6.20 Å². The Morgan fingerprint density at radius 3 is 2.58 bits per heavy atom. The van der Waals surface area contributed by atoms with Crippen LogP contribution in [0.3, 0.4) is 0 Å². The quantitative estimate of drug-likeness (QED) is 0.559. The standard InChI is InChI=1S/C20H17F6N3O2/c1-10-4-11(6-15(30)14-3-2-12(22)8-28-14)5-13(17(10)23)19(9-21)7-16(20(24,25)26)31-18(27)29-19/h2-5,8,16H,6-7,9H2,1H3,(H2,27,29)/t16-,19+/m0/s1. The van der Waals surface area contributed by atoms with Crippen LogP contribution in [0.4, 0.5) is 26.3 Å². The van der Waals surface area contributed by atoms with Crippen LogP contribution >= 0.6 is 0 Å². The highest BCUT2D eigenvalue weighted by Crippen LogP contribution is 2.42. The fraction of sp³-hybridized carbons (Fsp3) is 0.350. The number of benzene rings is 1. The summed E-state index contributed by atoms with van der Waals surface area (Å²) in [5.41, 5.74) is 2.72. The Hall–Kier alpha value is -3.11. The van der Waals surface area contributed by atoms with Gasteiger partial charge in [0.25, 0.3) is 6.02 Å². The van der Waals surface area contributed by atoms with E-state index in [1.165, 1.54) is 13.0 Å². The van der Waals surface area contributed by atoms with Gasteiger partial charge in [-0.2, -0.15) is 13.2 Å². The van der Waals surface area contributed by atoms with Crippen LogP contribution < -0.4 is 5.73 Å². The monoisotopic (exact) mass is 445 g/mol. The van der Waals surface area contributed by atoms with E-state index in [4.69, 9.17) is 5.73 Å². The Morgan fingerprint density at radius 2 is 2.00 bits per heavy atom. The summed E-state index contributed by atoms with van der Waals surface area (Å²) in [6.07, 6.45) is -7.86. The third-order valence-corrected chi connectivity index (χ3v) is 4.89. The molecule has 2 N–H and O–H groups in total. The molecule has 2 aromatic rings. The first-order valence-corrected chi connectivity index (χ1v) is 9.04. The molecule has 1 aliphatic rings. The van der Waals surface area contributed by atoms with E-state index in [-0.39, 0.29) is 23.2 Å². The fourth-order valence-electron chi connectivity index (χ4n) is 3.39. The summed E-state index contributed by atoms with van der Waals surface area (Å²) in [6, 6.07) is 3.67. The average molecular weight is 445 g/mol. The number of carbonyl (C=O) groups excluding carboxylic acids is 1. The molecular formula is C20H17F6N3O2. The maximum Gasteiger partial charge on any atom is 0.425 e. The van der Waals surface area contributed by atoms with Crippen LogP contribution in [-0.4, -0.2) is 35.7 Å². The summed E-state index contributed by atoms with van der Waals surface area (Å²) < 4.78 is 86.2. The van der Waals surface area contributed by atoms with Gasteiger partial charge < -0.3 is 10.5 Å². The van der Waals surface area contributed by atoms with Crippen molar-refractivity contribution in [2.75, 3.05) is 6.67 Å². The SMILES string of the molecule is Cc1cc(CC(=O)c2ccc(F)cn2)cc([C@]2(CF)C[C@@H](C(F)(F)F)OC(N)=N2)c1F. The first kappa shape index (κ1) is 22.6. The van der Waals surface area contributed by atoms with Crippen molar-refractivity contribution in [1.29, 1.82) is 0 Å². The number of alkyl halides is 4. The van der Waals surface area contributed by atoms with Crippen LogP contribution in [0.15, 0.2) is 35.5 Å². The van der Waals surface area contributed by atoms with Crippen molar-refractivity contribution in [2.45, 2.75) is 37.6 Å².